The van der Waals surface area contributed by atoms with E-state index in [9.17, 15) is 9.59 Å². The minimum absolute atomic E-state index is 0.156. The van der Waals surface area contributed by atoms with Crippen molar-refractivity contribution in [1.82, 2.24) is 24.6 Å². The summed E-state index contributed by atoms with van der Waals surface area (Å²) in [6, 6.07) is 10.1. The third-order valence-electron chi connectivity index (χ3n) is 4.49. The average Bonchev–Trinajstić information content (AvgIpc) is 3.07. The lowest BCUT2D eigenvalue weighted by atomic mass is 10.0. The number of benzene rings is 1. The zero-order chi connectivity index (χ0) is 19.6. The zero-order valence-corrected chi connectivity index (χ0v) is 15.9. The second-order valence-corrected chi connectivity index (χ2v) is 6.85. The van der Waals surface area contributed by atoms with Gasteiger partial charge in [0.25, 0.3) is 11.5 Å². The third-order valence-corrected chi connectivity index (χ3v) is 4.49. The Balaban J connectivity index is 1.80. The summed E-state index contributed by atoms with van der Waals surface area (Å²) < 4.78 is 3.20. The minimum atomic E-state index is -0.178. The highest BCUT2D eigenvalue weighted by atomic mass is 16.1. The van der Waals surface area contributed by atoms with E-state index in [4.69, 9.17) is 0 Å². The number of aryl methyl sites for hydroxylation is 2. The summed E-state index contributed by atoms with van der Waals surface area (Å²) in [6.07, 6.45) is 3.59. The number of nitrogens with zero attached hydrogens (tertiary/aromatic N) is 4. The van der Waals surface area contributed by atoms with Crippen molar-refractivity contribution in [1.29, 1.82) is 0 Å². The van der Waals surface area contributed by atoms with Gasteiger partial charge in [-0.25, -0.2) is 9.67 Å². The van der Waals surface area contributed by atoms with Gasteiger partial charge in [-0.05, 0) is 24.1 Å². The molecule has 1 N–H and O–H groups in total. The molecule has 1 atom stereocenters. The zero-order valence-electron chi connectivity index (χ0n) is 15.9. The number of carbonyl (C=O) groups is 1. The second-order valence-electron chi connectivity index (χ2n) is 6.85. The Morgan fingerprint density at radius 1 is 1.07 bits per heavy atom. The first-order valence-corrected chi connectivity index (χ1v) is 8.79. The molecule has 3 rings (SSSR count). The van der Waals surface area contributed by atoms with Crippen LogP contribution >= 0.6 is 0 Å². The molecule has 0 saturated heterocycles. The Bertz CT molecular complexity index is 1000. The van der Waals surface area contributed by atoms with Crippen molar-refractivity contribution in [3.8, 4) is 11.3 Å². The number of hydrogen-bond acceptors (Lipinski definition) is 4. The van der Waals surface area contributed by atoms with Crippen molar-refractivity contribution in [2.24, 2.45) is 20.0 Å². The van der Waals surface area contributed by atoms with Gasteiger partial charge in [0.1, 0.15) is 5.82 Å². The highest BCUT2D eigenvalue weighted by molar-refractivity contribution is 5.94. The fourth-order valence-corrected chi connectivity index (χ4v) is 2.88. The average molecular weight is 365 g/mol. The van der Waals surface area contributed by atoms with E-state index in [-0.39, 0.29) is 23.4 Å². The number of nitrogens with one attached hydrogen (secondary N) is 1. The van der Waals surface area contributed by atoms with Gasteiger partial charge in [0.15, 0.2) is 0 Å². The lowest BCUT2D eigenvalue weighted by molar-refractivity contribution is 0.0922. The maximum atomic E-state index is 12.7. The topological polar surface area (TPSA) is 81.8 Å². The van der Waals surface area contributed by atoms with Gasteiger partial charge < -0.3 is 9.88 Å². The summed E-state index contributed by atoms with van der Waals surface area (Å²) in [5, 5.41) is 7.29. The molecule has 0 radical (unpaired) electrons. The summed E-state index contributed by atoms with van der Waals surface area (Å²) in [7, 11) is 3.52. The molecule has 140 valence electrons. The molecule has 2 heterocycles. The summed E-state index contributed by atoms with van der Waals surface area (Å²) >= 11 is 0. The summed E-state index contributed by atoms with van der Waals surface area (Å²) in [4.78, 5) is 28.5. The van der Waals surface area contributed by atoms with Crippen molar-refractivity contribution in [2.75, 3.05) is 0 Å². The van der Waals surface area contributed by atoms with Crippen LogP contribution < -0.4 is 10.9 Å². The van der Waals surface area contributed by atoms with E-state index in [1.165, 1.54) is 10.7 Å². The lowest BCUT2D eigenvalue weighted by Crippen LogP contribution is -2.33. The lowest BCUT2D eigenvalue weighted by Gasteiger charge is -2.22. The number of hydrogen-bond donors (Lipinski definition) is 1. The summed E-state index contributed by atoms with van der Waals surface area (Å²) in [5.74, 6) is 0.866. The molecule has 27 heavy (non-hydrogen) atoms. The highest BCUT2D eigenvalue weighted by Gasteiger charge is 2.22. The van der Waals surface area contributed by atoms with Crippen LogP contribution in [0, 0.1) is 5.92 Å². The van der Waals surface area contributed by atoms with E-state index in [1.54, 1.807) is 31.4 Å². The molecule has 0 saturated carbocycles. The first-order chi connectivity index (χ1) is 12.9. The fraction of sp³-hybridized carbons (Fsp3) is 0.300. The molecule has 7 heteroatoms. The van der Waals surface area contributed by atoms with Crippen LogP contribution in [0.3, 0.4) is 0 Å². The smallest absolute Gasteiger partial charge is 0.266 e. The fourth-order valence-electron chi connectivity index (χ4n) is 2.88. The molecule has 1 aromatic carbocycles. The Kier molecular flexibility index (Phi) is 5.21. The molecule has 0 aliphatic rings. The van der Waals surface area contributed by atoms with Crippen LogP contribution in [0.1, 0.15) is 36.1 Å². The number of imidazole rings is 1. The van der Waals surface area contributed by atoms with Crippen LogP contribution in [0.4, 0.5) is 0 Å². The van der Waals surface area contributed by atoms with Crippen LogP contribution in [0.5, 0.6) is 0 Å². The first kappa shape index (κ1) is 18.6. The largest absolute Gasteiger partial charge is 0.342 e. The predicted octanol–water partition coefficient (Wildman–Crippen LogP) is 2.31. The predicted molar refractivity (Wildman–Crippen MR) is 103 cm³/mol. The minimum Gasteiger partial charge on any atom is -0.342 e. The number of carbonyl (C=O) groups excluding carboxylic acids is 1. The van der Waals surface area contributed by atoms with E-state index in [2.05, 4.69) is 15.4 Å². The normalized spacial score (nSPS) is 12.2. The van der Waals surface area contributed by atoms with Gasteiger partial charge >= 0.3 is 0 Å². The van der Waals surface area contributed by atoms with Crippen LogP contribution in [-0.2, 0) is 14.1 Å². The maximum absolute atomic E-state index is 12.7. The number of aromatic nitrogens is 4. The van der Waals surface area contributed by atoms with E-state index >= 15 is 0 Å². The molecule has 0 fully saturated rings. The molecular formula is C20H23N5O2. The molecule has 0 aliphatic carbocycles. The highest BCUT2D eigenvalue weighted by Crippen LogP contribution is 2.21. The van der Waals surface area contributed by atoms with Gasteiger partial charge in [-0.3, -0.25) is 9.59 Å². The number of amides is 1. The van der Waals surface area contributed by atoms with Crippen LogP contribution in [-0.4, -0.2) is 25.2 Å². The van der Waals surface area contributed by atoms with E-state index < -0.39 is 0 Å². The molecule has 7 nitrogen and oxygen atoms in total. The molecule has 2 aromatic heterocycles. The summed E-state index contributed by atoms with van der Waals surface area (Å²) in [6.45, 7) is 4.10. The Hall–Kier alpha value is -3.22. The van der Waals surface area contributed by atoms with Crippen LogP contribution in [0.25, 0.3) is 11.3 Å². The van der Waals surface area contributed by atoms with Crippen molar-refractivity contribution in [3.63, 3.8) is 0 Å². The molecule has 0 bridgehead atoms. The molecule has 1 amide bonds. The molecule has 0 unspecified atom stereocenters. The molecule has 0 aliphatic heterocycles. The van der Waals surface area contributed by atoms with Crippen molar-refractivity contribution in [3.05, 3.63) is 70.5 Å². The van der Waals surface area contributed by atoms with Crippen LogP contribution in [0.15, 0.2) is 53.6 Å². The van der Waals surface area contributed by atoms with E-state index in [0.717, 1.165) is 11.4 Å². The molecular weight excluding hydrogens is 342 g/mol. The molecule has 0 spiro atoms. The van der Waals surface area contributed by atoms with Crippen molar-refractivity contribution in [2.45, 2.75) is 19.9 Å². The van der Waals surface area contributed by atoms with Gasteiger partial charge in [0, 0.05) is 43.7 Å². The Morgan fingerprint density at radius 2 is 1.78 bits per heavy atom. The quantitative estimate of drug-likeness (QED) is 0.752. The monoisotopic (exact) mass is 365 g/mol. The van der Waals surface area contributed by atoms with Gasteiger partial charge in [0.2, 0.25) is 0 Å². The van der Waals surface area contributed by atoms with E-state index in [1.807, 2.05) is 43.8 Å². The van der Waals surface area contributed by atoms with Crippen molar-refractivity contribution < 1.29 is 4.79 Å². The summed E-state index contributed by atoms with van der Waals surface area (Å²) in [5.41, 5.74) is 1.91. The maximum Gasteiger partial charge on any atom is 0.266 e. The number of rotatable bonds is 5. The first-order valence-electron chi connectivity index (χ1n) is 8.79. The van der Waals surface area contributed by atoms with Gasteiger partial charge in [0.05, 0.1) is 11.7 Å². The van der Waals surface area contributed by atoms with Gasteiger partial charge in [-0.15, -0.1) is 0 Å². The Morgan fingerprint density at radius 3 is 2.33 bits per heavy atom. The third kappa shape index (κ3) is 3.97. The SMILES string of the molecule is CC(C)[C@H](NC(=O)c1ccc(-c2ccc(=O)n(C)n2)cc1)c1nccn1C. The van der Waals surface area contributed by atoms with Crippen LogP contribution in [0.2, 0.25) is 0 Å². The second kappa shape index (κ2) is 7.57. The van der Waals surface area contributed by atoms with Crippen molar-refractivity contribution >= 4 is 5.91 Å². The molecule has 3 aromatic rings. The van der Waals surface area contributed by atoms with E-state index in [0.29, 0.717) is 11.3 Å². The van der Waals surface area contributed by atoms with Gasteiger partial charge in [-0.1, -0.05) is 26.0 Å². The standard InChI is InChI=1S/C20H23N5O2/c1-13(2)18(19-21-11-12-24(19)3)22-20(27)15-7-5-14(6-8-15)16-9-10-17(26)25(4)23-16/h5-13,18H,1-4H3,(H,22,27)/t18-/m0/s1. The Labute approximate surface area is 157 Å². The van der Waals surface area contributed by atoms with Gasteiger partial charge in [-0.2, -0.15) is 5.10 Å².